The van der Waals surface area contributed by atoms with Crippen LogP contribution >= 0.6 is 34.3 Å². The van der Waals surface area contributed by atoms with E-state index in [4.69, 9.17) is 11.6 Å². The molecule has 0 saturated heterocycles. The summed E-state index contributed by atoms with van der Waals surface area (Å²) in [5.41, 5.74) is 0.801. The van der Waals surface area contributed by atoms with E-state index in [1.165, 1.54) is 16.2 Å². The van der Waals surface area contributed by atoms with Crippen molar-refractivity contribution in [2.24, 2.45) is 0 Å². The van der Waals surface area contributed by atoms with Crippen molar-refractivity contribution in [2.75, 3.05) is 5.32 Å². The topological polar surface area (TPSA) is 42.0 Å². The number of nitrogens with one attached hydrogen (secondary N) is 1. The van der Waals surface area contributed by atoms with Gasteiger partial charge in [-0.1, -0.05) is 6.07 Å². The maximum absolute atomic E-state index is 11.7. The SMILES string of the molecule is O=C(CCCc1cccs1)Nc1nc(CCl)cs1. The Balaban J connectivity index is 1.71. The van der Waals surface area contributed by atoms with Gasteiger partial charge >= 0.3 is 0 Å². The van der Waals surface area contributed by atoms with Crippen LogP contribution in [-0.4, -0.2) is 10.9 Å². The van der Waals surface area contributed by atoms with Crippen LogP contribution in [0.2, 0.25) is 0 Å². The molecule has 2 heterocycles. The predicted octanol–water partition coefficient (Wildman–Crippen LogP) is 3.90. The molecular weight excluding hydrogens is 288 g/mol. The van der Waals surface area contributed by atoms with Gasteiger partial charge in [-0.15, -0.1) is 34.3 Å². The lowest BCUT2D eigenvalue weighted by Gasteiger charge is -2.00. The fourth-order valence-corrected chi connectivity index (χ4v) is 3.19. The maximum Gasteiger partial charge on any atom is 0.226 e. The summed E-state index contributed by atoms with van der Waals surface area (Å²) in [6.07, 6.45) is 2.34. The molecule has 0 unspecified atom stereocenters. The molecule has 0 atom stereocenters. The van der Waals surface area contributed by atoms with Gasteiger partial charge in [0.25, 0.3) is 0 Å². The Morgan fingerprint density at radius 3 is 3.00 bits per heavy atom. The van der Waals surface area contributed by atoms with Crippen molar-refractivity contribution in [1.82, 2.24) is 4.98 Å². The average Bonchev–Trinajstić information content (AvgIpc) is 3.00. The van der Waals surface area contributed by atoms with Crippen LogP contribution in [0, 0.1) is 0 Å². The van der Waals surface area contributed by atoms with Crippen LogP contribution in [-0.2, 0) is 17.1 Å². The molecule has 6 heteroatoms. The first-order valence-electron chi connectivity index (χ1n) is 5.60. The number of anilines is 1. The second-order valence-corrected chi connectivity index (χ2v) is 5.92. The zero-order valence-corrected chi connectivity index (χ0v) is 12.1. The summed E-state index contributed by atoms with van der Waals surface area (Å²) in [5, 5.41) is 7.33. The Morgan fingerprint density at radius 2 is 2.33 bits per heavy atom. The normalized spacial score (nSPS) is 10.5. The number of amides is 1. The largest absolute Gasteiger partial charge is 0.302 e. The Labute approximate surface area is 119 Å². The van der Waals surface area contributed by atoms with Gasteiger partial charge in [0.2, 0.25) is 5.91 Å². The van der Waals surface area contributed by atoms with Gasteiger partial charge in [-0.3, -0.25) is 4.79 Å². The first-order valence-corrected chi connectivity index (χ1v) is 7.90. The molecule has 0 radical (unpaired) electrons. The van der Waals surface area contributed by atoms with Gasteiger partial charge in [0.15, 0.2) is 5.13 Å². The standard InChI is InChI=1S/C12H13ClN2OS2/c13-7-9-8-18-12(14-9)15-11(16)5-1-3-10-4-2-6-17-10/h2,4,6,8H,1,3,5,7H2,(H,14,15,16). The highest BCUT2D eigenvalue weighted by molar-refractivity contribution is 7.14. The Kier molecular flexibility index (Phi) is 5.16. The summed E-state index contributed by atoms with van der Waals surface area (Å²) < 4.78 is 0. The fraction of sp³-hybridized carbons (Fsp3) is 0.333. The number of halogens is 1. The number of rotatable bonds is 6. The zero-order valence-electron chi connectivity index (χ0n) is 9.69. The highest BCUT2D eigenvalue weighted by atomic mass is 35.5. The summed E-state index contributed by atoms with van der Waals surface area (Å²) >= 11 is 8.79. The molecule has 0 bridgehead atoms. The number of aromatic nitrogens is 1. The van der Waals surface area contributed by atoms with Gasteiger partial charge < -0.3 is 5.32 Å². The molecule has 96 valence electrons. The van der Waals surface area contributed by atoms with Crippen molar-refractivity contribution >= 4 is 45.3 Å². The number of alkyl halides is 1. The van der Waals surface area contributed by atoms with E-state index in [9.17, 15) is 4.79 Å². The molecule has 3 nitrogen and oxygen atoms in total. The van der Waals surface area contributed by atoms with Crippen LogP contribution < -0.4 is 5.32 Å². The lowest BCUT2D eigenvalue weighted by Crippen LogP contribution is -2.11. The second-order valence-electron chi connectivity index (χ2n) is 3.76. The minimum absolute atomic E-state index is 0.0158. The summed E-state index contributed by atoms with van der Waals surface area (Å²) in [6.45, 7) is 0. The van der Waals surface area contributed by atoms with E-state index in [1.807, 2.05) is 11.4 Å². The van der Waals surface area contributed by atoms with Crippen LogP contribution in [0.1, 0.15) is 23.4 Å². The molecule has 2 rings (SSSR count). The van der Waals surface area contributed by atoms with Crippen LogP contribution in [0.25, 0.3) is 0 Å². The molecule has 0 aliphatic rings. The van der Waals surface area contributed by atoms with Gasteiger partial charge in [-0.2, -0.15) is 0 Å². The molecule has 2 aromatic heterocycles. The van der Waals surface area contributed by atoms with E-state index < -0.39 is 0 Å². The molecule has 0 aliphatic carbocycles. The van der Waals surface area contributed by atoms with Crippen LogP contribution in [0.4, 0.5) is 5.13 Å². The molecule has 1 N–H and O–H groups in total. The highest BCUT2D eigenvalue weighted by Crippen LogP contribution is 2.17. The molecule has 0 aliphatic heterocycles. The van der Waals surface area contributed by atoms with Gasteiger partial charge in [-0.05, 0) is 24.3 Å². The molecule has 0 aromatic carbocycles. The van der Waals surface area contributed by atoms with Crippen molar-refractivity contribution in [1.29, 1.82) is 0 Å². The average molecular weight is 301 g/mol. The predicted molar refractivity (Wildman–Crippen MR) is 77.6 cm³/mol. The van der Waals surface area contributed by atoms with E-state index in [0.717, 1.165) is 18.5 Å². The van der Waals surface area contributed by atoms with Crippen LogP contribution in [0.15, 0.2) is 22.9 Å². The van der Waals surface area contributed by atoms with E-state index >= 15 is 0 Å². The quantitative estimate of drug-likeness (QED) is 0.822. The number of thiophene rings is 1. The number of hydrogen-bond donors (Lipinski definition) is 1. The monoisotopic (exact) mass is 300 g/mol. The van der Waals surface area contributed by atoms with Gasteiger partial charge in [0, 0.05) is 16.7 Å². The molecule has 0 spiro atoms. The van der Waals surface area contributed by atoms with Crippen molar-refractivity contribution in [2.45, 2.75) is 25.1 Å². The van der Waals surface area contributed by atoms with Gasteiger partial charge in [0.1, 0.15) is 0 Å². The number of thiazole rings is 1. The second kappa shape index (κ2) is 6.87. The van der Waals surface area contributed by atoms with Crippen molar-refractivity contribution < 1.29 is 4.79 Å². The van der Waals surface area contributed by atoms with Crippen molar-refractivity contribution in [3.05, 3.63) is 33.5 Å². The summed E-state index contributed by atoms with van der Waals surface area (Å²) in [4.78, 5) is 17.2. The smallest absolute Gasteiger partial charge is 0.226 e. The zero-order chi connectivity index (χ0) is 12.8. The molecule has 0 fully saturated rings. The lowest BCUT2D eigenvalue weighted by molar-refractivity contribution is -0.116. The van der Waals surface area contributed by atoms with Gasteiger partial charge in [0.05, 0.1) is 11.6 Å². The molecule has 0 saturated carbocycles. The number of carbonyl (C=O) groups excluding carboxylic acids is 1. The Morgan fingerprint density at radius 1 is 1.44 bits per heavy atom. The van der Waals surface area contributed by atoms with Crippen molar-refractivity contribution in [3.63, 3.8) is 0 Å². The maximum atomic E-state index is 11.7. The molecular formula is C12H13ClN2OS2. The van der Waals surface area contributed by atoms with E-state index in [-0.39, 0.29) is 5.91 Å². The molecule has 2 aromatic rings. The third kappa shape index (κ3) is 4.08. The minimum atomic E-state index is 0.0158. The summed E-state index contributed by atoms with van der Waals surface area (Å²) in [6, 6.07) is 4.12. The first-order chi connectivity index (χ1) is 8.78. The lowest BCUT2D eigenvalue weighted by atomic mass is 10.2. The third-order valence-electron chi connectivity index (χ3n) is 2.34. The van der Waals surface area contributed by atoms with Crippen LogP contribution in [0.5, 0.6) is 0 Å². The number of carbonyl (C=O) groups is 1. The Bertz CT molecular complexity index is 496. The minimum Gasteiger partial charge on any atom is -0.302 e. The fourth-order valence-electron chi connectivity index (χ4n) is 1.49. The van der Waals surface area contributed by atoms with Crippen molar-refractivity contribution in [3.8, 4) is 0 Å². The number of nitrogens with zero attached hydrogens (tertiary/aromatic N) is 1. The molecule has 18 heavy (non-hydrogen) atoms. The van der Waals surface area contributed by atoms with Crippen LogP contribution in [0.3, 0.4) is 0 Å². The van der Waals surface area contributed by atoms with E-state index in [2.05, 4.69) is 21.7 Å². The van der Waals surface area contributed by atoms with Gasteiger partial charge in [-0.25, -0.2) is 4.98 Å². The summed E-state index contributed by atoms with van der Waals surface area (Å²) in [7, 11) is 0. The third-order valence-corrected chi connectivity index (χ3v) is 4.36. The van der Waals surface area contributed by atoms with E-state index in [1.54, 1.807) is 11.3 Å². The number of aryl methyl sites for hydroxylation is 1. The first kappa shape index (κ1) is 13.5. The highest BCUT2D eigenvalue weighted by Gasteiger charge is 2.06. The summed E-state index contributed by atoms with van der Waals surface area (Å²) in [5.74, 6) is 0.395. The molecule has 1 amide bonds. The Hall–Kier alpha value is -0.910. The van der Waals surface area contributed by atoms with E-state index in [0.29, 0.717) is 17.4 Å². The number of hydrogen-bond acceptors (Lipinski definition) is 4.